The molecular formula is C13H23N3O2S2. The van der Waals surface area contributed by atoms with Gasteiger partial charge in [0.2, 0.25) is 10.0 Å². The van der Waals surface area contributed by atoms with Crippen molar-refractivity contribution in [3.05, 3.63) is 23.3 Å². The fraction of sp³-hybridized carbons (Fsp3) is 0.538. The van der Waals surface area contributed by atoms with Crippen LogP contribution in [0.15, 0.2) is 17.0 Å². The van der Waals surface area contributed by atoms with E-state index >= 15 is 0 Å². The molecule has 0 saturated carbocycles. The van der Waals surface area contributed by atoms with E-state index in [4.69, 9.17) is 5.84 Å². The first-order valence-electron chi connectivity index (χ1n) is 6.44. The van der Waals surface area contributed by atoms with Crippen molar-refractivity contribution in [1.82, 2.24) is 4.72 Å². The number of sulfonamides is 1. The number of rotatable bonds is 7. The molecule has 5 nitrogen and oxygen atoms in total. The molecule has 4 N–H and O–H groups in total. The first-order chi connectivity index (χ1) is 9.35. The molecule has 0 aliphatic carbocycles. The van der Waals surface area contributed by atoms with Crippen LogP contribution in [0.1, 0.15) is 24.5 Å². The number of hydrogen-bond acceptors (Lipinski definition) is 5. The summed E-state index contributed by atoms with van der Waals surface area (Å²) in [4.78, 5) is 0.344. The molecule has 1 aromatic rings. The number of thioether (sulfide) groups is 1. The van der Waals surface area contributed by atoms with Crippen molar-refractivity contribution in [1.29, 1.82) is 0 Å². The molecule has 114 valence electrons. The number of nitrogens with one attached hydrogen (secondary N) is 2. The Morgan fingerprint density at radius 2 is 1.85 bits per heavy atom. The highest BCUT2D eigenvalue weighted by Gasteiger charge is 2.23. The van der Waals surface area contributed by atoms with Gasteiger partial charge in [-0.2, -0.15) is 11.8 Å². The van der Waals surface area contributed by atoms with Crippen molar-refractivity contribution < 1.29 is 8.42 Å². The van der Waals surface area contributed by atoms with Gasteiger partial charge in [0.05, 0.1) is 4.90 Å². The molecule has 0 spiro atoms. The zero-order chi connectivity index (χ0) is 15.3. The minimum Gasteiger partial charge on any atom is -0.324 e. The van der Waals surface area contributed by atoms with Crippen molar-refractivity contribution in [2.24, 2.45) is 5.84 Å². The van der Waals surface area contributed by atoms with Gasteiger partial charge in [-0.3, -0.25) is 5.84 Å². The number of benzene rings is 1. The number of hydrogen-bond donors (Lipinski definition) is 3. The third kappa shape index (κ3) is 4.12. The van der Waals surface area contributed by atoms with Gasteiger partial charge in [0.25, 0.3) is 0 Å². The highest BCUT2D eigenvalue weighted by atomic mass is 32.2. The zero-order valence-corrected chi connectivity index (χ0v) is 14.0. The Bertz CT molecular complexity index is 536. The first kappa shape index (κ1) is 17.3. The zero-order valence-electron chi connectivity index (χ0n) is 12.4. The molecule has 20 heavy (non-hydrogen) atoms. The lowest BCUT2D eigenvalue weighted by molar-refractivity contribution is 0.557. The van der Waals surface area contributed by atoms with Crippen molar-refractivity contribution in [3.8, 4) is 0 Å². The maximum Gasteiger partial charge on any atom is 0.241 e. The summed E-state index contributed by atoms with van der Waals surface area (Å²) < 4.78 is 27.9. The molecule has 1 unspecified atom stereocenters. The summed E-state index contributed by atoms with van der Waals surface area (Å²) in [5.74, 6) is 6.13. The molecule has 0 heterocycles. The summed E-state index contributed by atoms with van der Waals surface area (Å²) in [7, 11) is -3.51. The topological polar surface area (TPSA) is 84.2 Å². The van der Waals surface area contributed by atoms with Crippen molar-refractivity contribution in [3.63, 3.8) is 0 Å². The van der Waals surface area contributed by atoms with Gasteiger partial charge < -0.3 is 5.43 Å². The van der Waals surface area contributed by atoms with E-state index in [1.165, 1.54) is 0 Å². The average molecular weight is 317 g/mol. The molecule has 0 aliphatic heterocycles. The minimum atomic E-state index is -3.51. The third-order valence-electron chi connectivity index (χ3n) is 3.08. The smallest absolute Gasteiger partial charge is 0.241 e. The monoisotopic (exact) mass is 317 g/mol. The van der Waals surface area contributed by atoms with Crippen LogP contribution in [0.4, 0.5) is 5.69 Å². The molecule has 0 aliphatic rings. The van der Waals surface area contributed by atoms with E-state index in [-0.39, 0.29) is 6.04 Å². The Morgan fingerprint density at radius 3 is 2.25 bits per heavy atom. The SMILES string of the molecule is CCC(CSC)NS(=O)(=O)c1c(C)cc(NN)cc1C. The van der Waals surface area contributed by atoms with Gasteiger partial charge in [-0.05, 0) is 49.8 Å². The quantitative estimate of drug-likeness (QED) is 0.529. The average Bonchev–Trinajstić information content (AvgIpc) is 2.36. The normalized spacial score (nSPS) is 13.2. The van der Waals surface area contributed by atoms with Gasteiger partial charge >= 0.3 is 0 Å². The van der Waals surface area contributed by atoms with Gasteiger partial charge in [0, 0.05) is 17.5 Å². The Labute approximate surface area is 125 Å². The van der Waals surface area contributed by atoms with Gasteiger partial charge in [-0.25, -0.2) is 13.1 Å². The van der Waals surface area contributed by atoms with Crippen LogP contribution in [-0.2, 0) is 10.0 Å². The fourth-order valence-corrected chi connectivity index (χ4v) is 4.77. The Kier molecular flexibility index (Phi) is 6.32. The highest BCUT2D eigenvalue weighted by Crippen LogP contribution is 2.24. The number of aryl methyl sites for hydroxylation is 2. The van der Waals surface area contributed by atoms with Crippen molar-refractivity contribution >= 4 is 27.5 Å². The predicted octanol–water partition coefficient (Wildman–Crippen LogP) is 2.01. The number of anilines is 1. The van der Waals surface area contributed by atoms with E-state index in [0.29, 0.717) is 21.7 Å². The van der Waals surface area contributed by atoms with Crippen LogP contribution in [-0.4, -0.2) is 26.5 Å². The molecule has 0 bridgehead atoms. The summed E-state index contributed by atoms with van der Waals surface area (Å²) in [6.45, 7) is 5.53. The van der Waals surface area contributed by atoms with E-state index in [1.807, 2.05) is 13.2 Å². The molecule has 7 heteroatoms. The summed E-state index contributed by atoms with van der Waals surface area (Å²) in [5, 5.41) is 0. The van der Waals surface area contributed by atoms with E-state index < -0.39 is 10.0 Å². The first-order valence-corrected chi connectivity index (χ1v) is 9.32. The summed E-state index contributed by atoms with van der Waals surface area (Å²) >= 11 is 1.63. The standard InChI is InChI=1S/C13H23N3O2S2/c1-5-11(8-19-4)16-20(17,18)13-9(2)6-12(15-14)7-10(13)3/h6-7,11,15-16H,5,8,14H2,1-4H3. The number of hydrazine groups is 1. The summed E-state index contributed by atoms with van der Waals surface area (Å²) in [5.41, 5.74) is 4.61. The van der Waals surface area contributed by atoms with Gasteiger partial charge in [-0.15, -0.1) is 0 Å². The molecule has 0 saturated heterocycles. The van der Waals surface area contributed by atoms with Crippen LogP contribution in [0.3, 0.4) is 0 Å². The lowest BCUT2D eigenvalue weighted by Crippen LogP contribution is -2.36. The molecule has 0 amide bonds. The van der Waals surface area contributed by atoms with Crippen LogP contribution in [0.2, 0.25) is 0 Å². The van der Waals surface area contributed by atoms with Gasteiger partial charge in [0.15, 0.2) is 0 Å². The highest BCUT2D eigenvalue weighted by molar-refractivity contribution is 7.98. The lowest BCUT2D eigenvalue weighted by atomic mass is 10.1. The van der Waals surface area contributed by atoms with Crippen LogP contribution >= 0.6 is 11.8 Å². The largest absolute Gasteiger partial charge is 0.324 e. The minimum absolute atomic E-state index is 0.0545. The maximum absolute atomic E-state index is 12.5. The molecule has 0 radical (unpaired) electrons. The molecule has 1 rings (SSSR count). The summed E-state index contributed by atoms with van der Waals surface area (Å²) in [6.07, 6.45) is 2.73. The lowest BCUT2D eigenvalue weighted by Gasteiger charge is -2.19. The number of nitrogen functional groups attached to an aromatic ring is 1. The van der Waals surface area contributed by atoms with E-state index in [0.717, 1.165) is 12.2 Å². The Hall–Kier alpha value is -0.760. The van der Waals surface area contributed by atoms with E-state index in [2.05, 4.69) is 10.1 Å². The maximum atomic E-state index is 12.5. The molecule has 0 aromatic heterocycles. The van der Waals surface area contributed by atoms with Crippen LogP contribution in [0.5, 0.6) is 0 Å². The number of nitrogens with two attached hydrogens (primary N) is 1. The van der Waals surface area contributed by atoms with Crippen molar-refractivity contribution in [2.75, 3.05) is 17.4 Å². The molecular weight excluding hydrogens is 294 g/mol. The second kappa shape index (κ2) is 7.31. The second-order valence-electron chi connectivity index (χ2n) is 4.77. The third-order valence-corrected chi connectivity index (χ3v) is 5.64. The van der Waals surface area contributed by atoms with Crippen molar-refractivity contribution in [2.45, 2.75) is 38.1 Å². The fourth-order valence-electron chi connectivity index (χ4n) is 2.17. The molecule has 1 aromatic carbocycles. The predicted molar refractivity (Wildman–Crippen MR) is 86.5 cm³/mol. The Morgan fingerprint density at radius 1 is 1.30 bits per heavy atom. The van der Waals surface area contributed by atoms with E-state index in [9.17, 15) is 8.42 Å². The van der Waals surface area contributed by atoms with E-state index in [1.54, 1.807) is 37.7 Å². The van der Waals surface area contributed by atoms with Crippen LogP contribution in [0.25, 0.3) is 0 Å². The summed E-state index contributed by atoms with van der Waals surface area (Å²) in [6, 6.07) is 3.41. The second-order valence-corrected chi connectivity index (χ2v) is 7.33. The van der Waals surface area contributed by atoms with Crippen LogP contribution < -0.4 is 16.0 Å². The van der Waals surface area contributed by atoms with Gasteiger partial charge in [0.1, 0.15) is 0 Å². The Balaban J connectivity index is 3.15. The molecule has 0 fully saturated rings. The molecule has 1 atom stereocenters. The van der Waals surface area contributed by atoms with Gasteiger partial charge in [-0.1, -0.05) is 6.92 Å². The van der Waals surface area contributed by atoms with Crippen LogP contribution in [0, 0.1) is 13.8 Å².